The van der Waals surface area contributed by atoms with E-state index in [1.54, 1.807) is 0 Å². The molecule has 3 aromatic rings. The zero-order valence-corrected chi connectivity index (χ0v) is 13.9. The lowest BCUT2D eigenvalue weighted by Crippen LogP contribution is -2.30. The Labute approximate surface area is 148 Å². The maximum atomic E-state index is 13.2. The number of carboxylic acids is 1. The molecule has 3 rings (SSSR count). The molecule has 0 atom stereocenters. The Morgan fingerprint density at radius 2 is 1.92 bits per heavy atom. The first-order valence-corrected chi connectivity index (χ1v) is 7.88. The van der Waals surface area contributed by atoms with E-state index in [-0.39, 0.29) is 11.3 Å². The fraction of sp³-hybridized carbons (Fsp3) is 0.0625. The van der Waals surface area contributed by atoms with Crippen LogP contribution >= 0.6 is 11.3 Å². The summed E-state index contributed by atoms with van der Waals surface area (Å²) in [5.74, 6) is -3.56. The van der Waals surface area contributed by atoms with Gasteiger partial charge in [0.05, 0.1) is 4.70 Å². The molecule has 7 nitrogen and oxygen atoms in total. The molecule has 26 heavy (non-hydrogen) atoms. The van der Waals surface area contributed by atoms with Crippen LogP contribution in [0.4, 0.5) is 24.3 Å². The van der Waals surface area contributed by atoms with E-state index in [0.29, 0.717) is 9.70 Å². The number of fused-ring (bicyclic) bond motifs is 1. The highest BCUT2D eigenvalue weighted by atomic mass is 32.1. The number of hydrogen-bond donors (Lipinski definition) is 2. The fourth-order valence-corrected chi connectivity index (χ4v) is 3.09. The van der Waals surface area contributed by atoms with Crippen molar-refractivity contribution in [3.8, 4) is 0 Å². The van der Waals surface area contributed by atoms with Gasteiger partial charge >= 0.3 is 17.6 Å². The first-order chi connectivity index (χ1) is 12.3. The van der Waals surface area contributed by atoms with Gasteiger partial charge in [-0.2, -0.15) is 0 Å². The van der Waals surface area contributed by atoms with E-state index in [2.05, 4.69) is 5.32 Å². The molecule has 2 aromatic heterocycles. The molecule has 0 spiro atoms. The van der Waals surface area contributed by atoms with Crippen molar-refractivity contribution in [1.29, 1.82) is 0 Å². The SMILES string of the molecule is CN(C(=O)Nc1ccc(F)c(F)c1)c1cc2oc(=O)c(C(=O)O)cc2s1. The van der Waals surface area contributed by atoms with Crippen molar-refractivity contribution in [1.82, 2.24) is 0 Å². The molecule has 2 heterocycles. The van der Waals surface area contributed by atoms with E-state index < -0.39 is 34.8 Å². The van der Waals surface area contributed by atoms with Gasteiger partial charge in [-0.3, -0.25) is 4.90 Å². The minimum atomic E-state index is -1.42. The molecular weight excluding hydrogens is 370 g/mol. The lowest BCUT2D eigenvalue weighted by Gasteiger charge is -2.15. The quantitative estimate of drug-likeness (QED) is 0.724. The molecule has 10 heteroatoms. The molecule has 0 aliphatic rings. The molecular formula is C16H10F2N2O5S. The van der Waals surface area contributed by atoms with Crippen molar-refractivity contribution >= 4 is 44.3 Å². The van der Waals surface area contributed by atoms with Crippen LogP contribution in [0.5, 0.6) is 0 Å². The van der Waals surface area contributed by atoms with Gasteiger partial charge in [-0.25, -0.2) is 23.2 Å². The number of hydrogen-bond acceptors (Lipinski definition) is 5. The monoisotopic (exact) mass is 380 g/mol. The summed E-state index contributed by atoms with van der Waals surface area (Å²) in [6, 6.07) is 4.84. The number of nitrogens with zero attached hydrogens (tertiary/aromatic N) is 1. The van der Waals surface area contributed by atoms with E-state index in [4.69, 9.17) is 9.52 Å². The minimum Gasteiger partial charge on any atom is -0.477 e. The minimum absolute atomic E-state index is 0.0570. The van der Waals surface area contributed by atoms with Crippen LogP contribution in [-0.2, 0) is 0 Å². The van der Waals surface area contributed by atoms with Crippen LogP contribution in [0, 0.1) is 11.6 Å². The second-order valence-corrected chi connectivity index (χ2v) is 6.25. The van der Waals surface area contributed by atoms with Crippen LogP contribution in [0.25, 0.3) is 10.3 Å². The summed E-state index contributed by atoms with van der Waals surface area (Å²) in [7, 11) is 1.41. The van der Waals surface area contributed by atoms with Crippen molar-refractivity contribution in [3.05, 3.63) is 57.9 Å². The maximum Gasteiger partial charge on any atom is 0.351 e. The first kappa shape index (κ1) is 17.5. The molecule has 1 aromatic carbocycles. The van der Waals surface area contributed by atoms with Crippen LogP contribution in [0.1, 0.15) is 10.4 Å². The normalized spacial score (nSPS) is 10.7. The molecule has 0 aliphatic carbocycles. The van der Waals surface area contributed by atoms with Crippen molar-refractivity contribution in [2.75, 3.05) is 17.3 Å². The molecule has 0 radical (unpaired) electrons. The van der Waals surface area contributed by atoms with Gasteiger partial charge in [-0.15, -0.1) is 11.3 Å². The van der Waals surface area contributed by atoms with Gasteiger partial charge in [0.25, 0.3) is 0 Å². The molecule has 0 fully saturated rings. The lowest BCUT2D eigenvalue weighted by molar-refractivity contribution is 0.0692. The average Bonchev–Trinajstić information content (AvgIpc) is 2.99. The number of carboxylic acid groups (broad SMARTS) is 1. The van der Waals surface area contributed by atoms with Gasteiger partial charge < -0.3 is 14.8 Å². The second-order valence-electron chi connectivity index (χ2n) is 5.18. The van der Waals surface area contributed by atoms with Gasteiger partial charge in [0, 0.05) is 24.9 Å². The van der Waals surface area contributed by atoms with Crippen LogP contribution in [0.15, 0.2) is 39.5 Å². The summed E-state index contributed by atoms with van der Waals surface area (Å²) in [5, 5.41) is 11.7. The number of carbonyl (C=O) groups excluding carboxylic acids is 1. The molecule has 2 amide bonds. The molecule has 0 aliphatic heterocycles. The maximum absolute atomic E-state index is 13.2. The Kier molecular flexibility index (Phi) is 4.43. The highest BCUT2D eigenvalue weighted by Crippen LogP contribution is 2.32. The van der Waals surface area contributed by atoms with E-state index in [0.717, 1.165) is 28.4 Å². The third-order valence-electron chi connectivity index (χ3n) is 3.45. The fourth-order valence-electron chi connectivity index (χ4n) is 2.10. The zero-order valence-electron chi connectivity index (χ0n) is 13.1. The van der Waals surface area contributed by atoms with Crippen molar-refractivity contribution < 1.29 is 27.9 Å². The van der Waals surface area contributed by atoms with Crippen LogP contribution in [0.2, 0.25) is 0 Å². The van der Waals surface area contributed by atoms with Gasteiger partial charge in [-0.05, 0) is 18.2 Å². The number of carbonyl (C=O) groups is 2. The number of nitrogens with one attached hydrogen (secondary N) is 1. The molecule has 0 bridgehead atoms. The number of halogens is 2. The number of benzene rings is 1. The zero-order chi connectivity index (χ0) is 19.0. The second kappa shape index (κ2) is 6.56. The van der Waals surface area contributed by atoms with Crippen molar-refractivity contribution in [2.24, 2.45) is 0 Å². The number of urea groups is 1. The number of anilines is 2. The Morgan fingerprint density at radius 1 is 1.19 bits per heavy atom. The van der Waals surface area contributed by atoms with E-state index >= 15 is 0 Å². The van der Waals surface area contributed by atoms with Gasteiger partial charge in [-0.1, -0.05) is 0 Å². The molecule has 2 N–H and O–H groups in total. The standard InChI is InChI=1S/C16H10F2N2O5S/c1-20(16(24)19-7-2-3-9(17)10(18)4-7)13-6-11-12(26-13)5-8(14(21)22)15(23)25-11/h2-6H,1H3,(H,19,24)(H,21,22). The first-order valence-electron chi connectivity index (χ1n) is 7.07. The highest BCUT2D eigenvalue weighted by molar-refractivity contribution is 7.22. The van der Waals surface area contributed by atoms with Crippen LogP contribution in [-0.4, -0.2) is 24.2 Å². The Morgan fingerprint density at radius 3 is 2.58 bits per heavy atom. The number of rotatable bonds is 3. The topological polar surface area (TPSA) is 99.9 Å². The predicted molar refractivity (Wildman–Crippen MR) is 91.1 cm³/mol. The summed E-state index contributed by atoms with van der Waals surface area (Å²) in [6.45, 7) is 0. The van der Waals surface area contributed by atoms with E-state index in [9.17, 15) is 23.2 Å². The van der Waals surface area contributed by atoms with Crippen molar-refractivity contribution in [3.63, 3.8) is 0 Å². The largest absolute Gasteiger partial charge is 0.477 e. The van der Waals surface area contributed by atoms with E-state index in [1.165, 1.54) is 25.2 Å². The van der Waals surface area contributed by atoms with Gasteiger partial charge in [0.2, 0.25) is 0 Å². The Bertz CT molecular complexity index is 1090. The summed E-state index contributed by atoms with van der Waals surface area (Å²) < 4.78 is 31.4. The third-order valence-corrected chi connectivity index (χ3v) is 4.59. The third kappa shape index (κ3) is 3.26. The lowest BCUT2D eigenvalue weighted by atomic mass is 10.3. The van der Waals surface area contributed by atoms with Gasteiger partial charge in [0.1, 0.15) is 10.6 Å². The van der Waals surface area contributed by atoms with Crippen molar-refractivity contribution in [2.45, 2.75) is 0 Å². The van der Waals surface area contributed by atoms with Crippen LogP contribution < -0.4 is 15.8 Å². The molecule has 0 saturated heterocycles. The average molecular weight is 380 g/mol. The van der Waals surface area contributed by atoms with Gasteiger partial charge in [0.15, 0.2) is 17.2 Å². The molecule has 0 saturated carbocycles. The summed E-state index contributed by atoms with van der Waals surface area (Å²) in [5.41, 5.74) is -1.32. The molecule has 134 valence electrons. The number of aromatic carboxylic acids is 1. The summed E-state index contributed by atoms with van der Waals surface area (Å²) in [6.07, 6.45) is 0. The summed E-state index contributed by atoms with van der Waals surface area (Å²) in [4.78, 5) is 36.0. The number of thiophene rings is 1. The number of amides is 2. The smallest absolute Gasteiger partial charge is 0.351 e. The highest BCUT2D eigenvalue weighted by Gasteiger charge is 2.18. The van der Waals surface area contributed by atoms with Crippen LogP contribution in [0.3, 0.4) is 0 Å². The molecule has 0 unspecified atom stereocenters. The predicted octanol–water partition coefficient (Wildman–Crippen LogP) is 3.50. The Balaban J connectivity index is 1.87. The summed E-state index contributed by atoms with van der Waals surface area (Å²) >= 11 is 1.03. The van der Waals surface area contributed by atoms with E-state index in [1.807, 2.05) is 0 Å². The Hall–Kier alpha value is -3.27.